The lowest BCUT2D eigenvalue weighted by Gasteiger charge is -2.47. The summed E-state index contributed by atoms with van der Waals surface area (Å²) in [5, 5.41) is 12.7. The van der Waals surface area contributed by atoms with Crippen LogP contribution >= 0.6 is 23.9 Å². The topological polar surface area (TPSA) is 109 Å². The standard InChI is InChI=1S/C38H46BrN10OP/c1-47-24-26(21-43-47)27-19-31(33(50-2)20-32(27)49-17-11-38(12-18-49)9-15-48(16-10-38)23-25-5-6-25)45-37-42-22-28(39)36(46-37)44-30-8-7-29-34(35(30)51(3)4)41-14-13-40-29/h7-8,13-14,19-22,24-25H,5-6,9-12,15-18,23H2,1-4H3,(H2,42,44,45,46). The molecule has 5 aromatic rings. The van der Waals surface area contributed by atoms with E-state index in [9.17, 15) is 0 Å². The summed E-state index contributed by atoms with van der Waals surface area (Å²) in [6.07, 6.45) is 17.2. The highest BCUT2D eigenvalue weighted by Gasteiger charge is 2.39. The van der Waals surface area contributed by atoms with Crippen LogP contribution in [0.25, 0.3) is 22.2 Å². The molecule has 1 aliphatic carbocycles. The van der Waals surface area contributed by atoms with E-state index in [1.165, 1.54) is 63.8 Å². The average Bonchev–Trinajstić information content (AvgIpc) is 3.86. The van der Waals surface area contributed by atoms with Gasteiger partial charge in [-0.05, 0) is 110 Å². The van der Waals surface area contributed by atoms with Gasteiger partial charge < -0.3 is 25.2 Å². The van der Waals surface area contributed by atoms with E-state index in [2.05, 4.69) is 94.1 Å². The Hall–Kier alpha value is -3.86. The summed E-state index contributed by atoms with van der Waals surface area (Å²) < 4.78 is 8.64. The van der Waals surface area contributed by atoms with Crippen molar-refractivity contribution < 1.29 is 4.74 Å². The van der Waals surface area contributed by atoms with Gasteiger partial charge in [-0.3, -0.25) is 14.6 Å². The summed E-state index contributed by atoms with van der Waals surface area (Å²) in [5.41, 5.74) is 7.35. The third-order valence-corrected chi connectivity index (χ3v) is 12.9. The van der Waals surface area contributed by atoms with Gasteiger partial charge in [0.2, 0.25) is 5.95 Å². The summed E-state index contributed by atoms with van der Waals surface area (Å²) in [7, 11) is 3.20. The van der Waals surface area contributed by atoms with E-state index in [1.54, 1.807) is 25.7 Å². The van der Waals surface area contributed by atoms with Gasteiger partial charge in [-0.1, -0.05) is 7.92 Å². The molecule has 51 heavy (non-hydrogen) atoms. The number of halogens is 1. The summed E-state index contributed by atoms with van der Waals surface area (Å²) in [6, 6.07) is 8.38. The van der Waals surface area contributed by atoms with Gasteiger partial charge in [0.25, 0.3) is 0 Å². The van der Waals surface area contributed by atoms with Crippen molar-refractivity contribution in [2.24, 2.45) is 18.4 Å². The zero-order valence-corrected chi connectivity index (χ0v) is 32.3. The monoisotopic (exact) mass is 768 g/mol. The molecular weight excluding hydrogens is 723 g/mol. The van der Waals surface area contributed by atoms with Crippen LogP contribution in [0.2, 0.25) is 0 Å². The molecule has 0 bridgehead atoms. The maximum atomic E-state index is 6.03. The first-order chi connectivity index (χ1) is 24.8. The van der Waals surface area contributed by atoms with Crippen molar-refractivity contribution in [1.82, 2.24) is 34.6 Å². The van der Waals surface area contributed by atoms with Crippen molar-refractivity contribution in [1.29, 1.82) is 0 Å². The Morgan fingerprint density at radius 1 is 0.941 bits per heavy atom. The predicted octanol–water partition coefficient (Wildman–Crippen LogP) is 7.54. The summed E-state index contributed by atoms with van der Waals surface area (Å²) in [5.74, 6) is 2.81. The Morgan fingerprint density at radius 2 is 1.71 bits per heavy atom. The summed E-state index contributed by atoms with van der Waals surface area (Å²) >= 11 is 3.67. The number of anilines is 5. The van der Waals surface area contributed by atoms with Crippen LogP contribution in [0.1, 0.15) is 38.5 Å². The molecule has 2 saturated heterocycles. The number of hydrogen-bond donors (Lipinski definition) is 2. The molecule has 0 amide bonds. The Balaban J connectivity index is 1.06. The van der Waals surface area contributed by atoms with E-state index in [-0.39, 0.29) is 0 Å². The fourth-order valence-electron chi connectivity index (χ4n) is 7.82. The minimum absolute atomic E-state index is 0.453. The SMILES string of the molecule is COc1cc(N2CCC3(CCN(CC4CC4)CC3)CC2)c(-c2cnn(C)c2)cc1Nc1ncc(Br)c(Nc2ccc3nccnc3c2P(C)C)n1. The van der Waals surface area contributed by atoms with Gasteiger partial charge in [0, 0.05) is 85.3 Å². The van der Waals surface area contributed by atoms with Gasteiger partial charge in [0.05, 0.1) is 34.5 Å². The van der Waals surface area contributed by atoms with Gasteiger partial charge in [-0.2, -0.15) is 10.1 Å². The van der Waals surface area contributed by atoms with Gasteiger partial charge in [-0.15, -0.1) is 0 Å². The van der Waals surface area contributed by atoms with E-state index in [1.807, 2.05) is 24.0 Å². The number of nitrogens with zero attached hydrogens (tertiary/aromatic N) is 8. The maximum absolute atomic E-state index is 6.03. The highest BCUT2D eigenvalue weighted by atomic mass is 79.9. The Morgan fingerprint density at radius 3 is 2.41 bits per heavy atom. The van der Waals surface area contributed by atoms with Gasteiger partial charge in [0.15, 0.2) is 0 Å². The van der Waals surface area contributed by atoms with Crippen molar-refractivity contribution in [3.05, 3.63) is 59.7 Å². The Kier molecular flexibility index (Phi) is 9.59. The summed E-state index contributed by atoms with van der Waals surface area (Å²) in [6.45, 7) is 10.4. The van der Waals surface area contributed by atoms with Gasteiger partial charge in [0.1, 0.15) is 11.6 Å². The lowest BCUT2D eigenvalue weighted by atomic mass is 9.71. The molecule has 0 radical (unpaired) electrons. The highest BCUT2D eigenvalue weighted by Crippen LogP contribution is 2.46. The molecule has 11 nitrogen and oxygen atoms in total. The number of ether oxygens (including phenoxy) is 1. The lowest BCUT2D eigenvalue weighted by molar-refractivity contribution is 0.0773. The molecule has 2 aliphatic heterocycles. The van der Waals surface area contributed by atoms with Crippen molar-refractivity contribution in [2.75, 3.05) is 68.7 Å². The number of methoxy groups -OCH3 is 1. The zero-order valence-electron chi connectivity index (χ0n) is 29.9. The fraction of sp³-hybridized carbons (Fsp3) is 0.447. The number of likely N-dealkylation sites (tertiary alicyclic amines) is 1. The number of aromatic nitrogens is 6. The van der Waals surface area contributed by atoms with E-state index in [4.69, 9.17) is 9.72 Å². The smallest absolute Gasteiger partial charge is 0.229 e. The molecule has 3 aromatic heterocycles. The Labute approximate surface area is 309 Å². The maximum Gasteiger partial charge on any atom is 0.229 e. The van der Waals surface area contributed by atoms with Gasteiger partial charge in [-0.25, -0.2) is 4.98 Å². The predicted molar refractivity (Wildman–Crippen MR) is 212 cm³/mol. The zero-order chi connectivity index (χ0) is 35.1. The van der Waals surface area contributed by atoms with Gasteiger partial charge >= 0.3 is 0 Å². The molecular formula is C38H46BrN10OP. The first kappa shape index (κ1) is 34.2. The van der Waals surface area contributed by atoms with Crippen LogP contribution in [0.3, 0.4) is 0 Å². The van der Waals surface area contributed by atoms with Crippen LogP contribution in [0.5, 0.6) is 5.75 Å². The molecule has 0 unspecified atom stereocenters. The second-order valence-corrected chi connectivity index (χ2v) is 17.7. The van der Waals surface area contributed by atoms with E-state index in [0.29, 0.717) is 17.2 Å². The highest BCUT2D eigenvalue weighted by molar-refractivity contribution is 9.10. The first-order valence-corrected chi connectivity index (χ1v) is 21.0. The fourth-order valence-corrected chi connectivity index (χ4v) is 9.32. The number of hydrogen-bond acceptors (Lipinski definition) is 10. The molecule has 13 heteroatoms. The second kappa shape index (κ2) is 14.3. The molecule has 1 saturated carbocycles. The molecule has 2 N–H and O–H groups in total. The minimum Gasteiger partial charge on any atom is -0.494 e. The first-order valence-electron chi connectivity index (χ1n) is 17.9. The summed E-state index contributed by atoms with van der Waals surface area (Å²) in [4.78, 5) is 24.0. The van der Waals surface area contributed by atoms with Crippen LogP contribution < -0.4 is 25.6 Å². The van der Waals surface area contributed by atoms with Crippen LogP contribution in [-0.4, -0.2) is 87.8 Å². The number of aryl methyl sites for hydroxylation is 1. The molecule has 2 aromatic carbocycles. The van der Waals surface area contributed by atoms with Crippen molar-refractivity contribution in [2.45, 2.75) is 38.5 Å². The second-order valence-electron chi connectivity index (χ2n) is 14.6. The average molecular weight is 770 g/mol. The van der Waals surface area contributed by atoms with Crippen molar-refractivity contribution in [3.8, 4) is 16.9 Å². The van der Waals surface area contributed by atoms with Crippen LogP contribution in [-0.2, 0) is 7.05 Å². The minimum atomic E-state index is -0.486. The van der Waals surface area contributed by atoms with Crippen LogP contribution in [0, 0.1) is 11.3 Å². The number of piperidine rings is 2. The normalized spacial score (nSPS) is 17.7. The molecule has 3 aliphatic rings. The van der Waals surface area contributed by atoms with Crippen LogP contribution in [0.15, 0.2) is 59.7 Å². The number of benzene rings is 2. The largest absolute Gasteiger partial charge is 0.494 e. The molecule has 266 valence electrons. The number of fused-ring (bicyclic) bond motifs is 1. The van der Waals surface area contributed by atoms with Crippen molar-refractivity contribution >= 4 is 69.0 Å². The quantitative estimate of drug-likeness (QED) is 0.138. The third-order valence-electron chi connectivity index (χ3n) is 10.9. The molecule has 1 spiro atoms. The molecule has 8 rings (SSSR count). The Bertz CT molecular complexity index is 2030. The lowest BCUT2D eigenvalue weighted by Crippen LogP contribution is -2.47. The van der Waals surface area contributed by atoms with E-state index in [0.717, 1.165) is 68.1 Å². The molecule has 3 fully saturated rings. The number of nitrogens with one attached hydrogen (secondary N) is 2. The van der Waals surface area contributed by atoms with Crippen molar-refractivity contribution in [3.63, 3.8) is 0 Å². The van der Waals surface area contributed by atoms with E-state index < -0.39 is 7.92 Å². The van der Waals surface area contributed by atoms with E-state index >= 15 is 0 Å². The molecule has 5 heterocycles. The third kappa shape index (κ3) is 7.28. The molecule has 0 atom stereocenters. The number of rotatable bonds is 10. The van der Waals surface area contributed by atoms with Crippen LogP contribution in [0.4, 0.5) is 28.8 Å².